The van der Waals surface area contributed by atoms with Crippen LogP contribution in [-0.4, -0.2) is 30.2 Å². The normalized spacial score (nSPS) is 12.0. The Balaban J connectivity index is 2.82. The molecule has 1 aromatic rings. The average molecular weight is 429 g/mol. The van der Waals surface area contributed by atoms with Crippen molar-refractivity contribution in [3.63, 3.8) is 0 Å². The molecule has 0 unspecified atom stereocenters. The Kier molecular flexibility index (Phi) is 7.29. The molecule has 0 aliphatic carbocycles. The fourth-order valence-corrected chi connectivity index (χ4v) is 2.42. The number of amides is 2. The lowest BCUT2D eigenvalue weighted by Crippen LogP contribution is -2.49. The number of nitriles is 1. The maximum Gasteiger partial charge on any atom is 0.408 e. The first-order valence-electron chi connectivity index (χ1n) is 7.10. The monoisotopic (exact) mass is 429 g/mol. The molecule has 7 heteroatoms. The van der Waals surface area contributed by atoms with Gasteiger partial charge in [0.1, 0.15) is 18.2 Å². The Morgan fingerprint density at radius 3 is 2.65 bits per heavy atom. The van der Waals surface area contributed by atoms with Crippen LogP contribution >= 0.6 is 22.6 Å². The molecule has 124 valence electrons. The van der Waals surface area contributed by atoms with Crippen molar-refractivity contribution in [2.45, 2.75) is 38.8 Å². The van der Waals surface area contributed by atoms with Crippen molar-refractivity contribution in [1.29, 1.82) is 5.26 Å². The van der Waals surface area contributed by atoms with Gasteiger partial charge in [0, 0.05) is 9.99 Å². The van der Waals surface area contributed by atoms with Gasteiger partial charge in [-0.15, -0.1) is 0 Å². The van der Waals surface area contributed by atoms with Crippen LogP contribution in [0.3, 0.4) is 0 Å². The first-order chi connectivity index (χ1) is 10.7. The molecule has 0 bridgehead atoms. The van der Waals surface area contributed by atoms with E-state index in [1.807, 2.05) is 30.3 Å². The molecule has 0 heterocycles. The SMILES string of the molecule is CC(C)(C)OC(=O)N[C@H](Cc1cccc(I)c1)C(=O)NCC#N. The van der Waals surface area contributed by atoms with Crippen molar-refractivity contribution in [2.75, 3.05) is 6.54 Å². The number of hydrogen-bond acceptors (Lipinski definition) is 4. The van der Waals surface area contributed by atoms with Crippen LogP contribution in [0.1, 0.15) is 26.3 Å². The van der Waals surface area contributed by atoms with Gasteiger partial charge in [-0.1, -0.05) is 12.1 Å². The van der Waals surface area contributed by atoms with Crippen LogP contribution in [0.4, 0.5) is 4.79 Å². The largest absolute Gasteiger partial charge is 0.444 e. The van der Waals surface area contributed by atoms with E-state index in [2.05, 4.69) is 33.2 Å². The fraction of sp³-hybridized carbons (Fsp3) is 0.438. The summed E-state index contributed by atoms with van der Waals surface area (Å²) in [4.78, 5) is 24.1. The van der Waals surface area contributed by atoms with E-state index in [1.54, 1.807) is 20.8 Å². The molecule has 0 fully saturated rings. The Labute approximate surface area is 149 Å². The maximum absolute atomic E-state index is 12.2. The first-order valence-corrected chi connectivity index (χ1v) is 8.18. The molecule has 0 aliphatic rings. The third-order valence-electron chi connectivity index (χ3n) is 2.68. The molecular formula is C16H20IN3O3. The van der Waals surface area contributed by atoms with Gasteiger partial charge in [0.05, 0.1) is 6.07 Å². The second-order valence-electron chi connectivity index (χ2n) is 5.91. The van der Waals surface area contributed by atoms with Gasteiger partial charge in [0.15, 0.2) is 0 Å². The van der Waals surface area contributed by atoms with Gasteiger partial charge in [-0.05, 0) is 61.1 Å². The number of nitrogens with zero attached hydrogens (tertiary/aromatic N) is 1. The van der Waals surface area contributed by atoms with Crippen LogP contribution in [0.15, 0.2) is 24.3 Å². The van der Waals surface area contributed by atoms with Gasteiger partial charge in [-0.2, -0.15) is 5.26 Å². The number of ether oxygens (including phenoxy) is 1. The van der Waals surface area contributed by atoms with Crippen LogP contribution in [-0.2, 0) is 16.0 Å². The molecule has 2 amide bonds. The highest BCUT2D eigenvalue weighted by molar-refractivity contribution is 14.1. The van der Waals surface area contributed by atoms with Gasteiger partial charge in [-0.25, -0.2) is 4.79 Å². The summed E-state index contributed by atoms with van der Waals surface area (Å²) < 4.78 is 6.22. The van der Waals surface area contributed by atoms with Crippen molar-refractivity contribution in [3.8, 4) is 6.07 Å². The Bertz CT molecular complexity index is 605. The van der Waals surface area contributed by atoms with Gasteiger partial charge in [-0.3, -0.25) is 4.79 Å². The van der Waals surface area contributed by atoms with Gasteiger partial charge in [0.2, 0.25) is 5.91 Å². The van der Waals surface area contributed by atoms with Gasteiger partial charge < -0.3 is 15.4 Å². The smallest absolute Gasteiger partial charge is 0.408 e. The molecule has 1 atom stereocenters. The molecule has 0 saturated carbocycles. The lowest BCUT2D eigenvalue weighted by atomic mass is 10.1. The molecule has 1 rings (SSSR count). The van der Waals surface area contributed by atoms with E-state index in [0.717, 1.165) is 9.13 Å². The van der Waals surface area contributed by atoms with Gasteiger partial charge in [0.25, 0.3) is 0 Å². The first kappa shape index (κ1) is 19.2. The summed E-state index contributed by atoms with van der Waals surface area (Å²) in [5, 5.41) is 13.6. The molecule has 0 spiro atoms. The number of hydrogen-bond donors (Lipinski definition) is 2. The molecule has 0 aliphatic heterocycles. The minimum atomic E-state index is -0.809. The minimum absolute atomic E-state index is 0.113. The standard InChI is InChI=1S/C16H20IN3O3/c1-16(2,3)23-15(22)20-13(14(21)19-8-7-18)10-11-5-4-6-12(17)9-11/h4-6,9,13H,8,10H2,1-3H3,(H,19,21)(H,20,22)/t13-/m1/s1. The lowest BCUT2D eigenvalue weighted by Gasteiger charge is -2.23. The molecule has 23 heavy (non-hydrogen) atoms. The van der Waals surface area contributed by atoms with Crippen molar-refractivity contribution < 1.29 is 14.3 Å². The third-order valence-corrected chi connectivity index (χ3v) is 3.35. The quantitative estimate of drug-likeness (QED) is 0.556. The van der Waals surface area contributed by atoms with E-state index in [0.29, 0.717) is 6.42 Å². The third kappa shape index (κ3) is 7.83. The molecule has 0 aromatic heterocycles. The van der Waals surface area contributed by atoms with E-state index in [4.69, 9.17) is 10.00 Å². The van der Waals surface area contributed by atoms with Crippen LogP contribution in [0.5, 0.6) is 0 Å². The summed E-state index contributed by atoms with van der Waals surface area (Å²) in [5.74, 6) is -0.420. The number of nitrogens with one attached hydrogen (secondary N) is 2. The van der Waals surface area contributed by atoms with E-state index in [1.165, 1.54) is 0 Å². The fourth-order valence-electron chi connectivity index (χ4n) is 1.81. The van der Waals surface area contributed by atoms with Crippen LogP contribution in [0.2, 0.25) is 0 Å². The molecule has 0 radical (unpaired) electrons. The molecule has 1 aromatic carbocycles. The summed E-state index contributed by atoms with van der Waals surface area (Å²) in [5.41, 5.74) is 0.255. The zero-order chi connectivity index (χ0) is 17.5. The lowest BCUT2D eigenvalue weighted by molar-refractivity contribution is -0.122. The zero-order valence-electron chi connectivity index (χ0n) is 13.4. The van der Waals surface area contributed by atoms with E-state index in [-0.39, 0.29) is 6.54 Å². The number of alkyl carbamates (subject to hydrolysis) is 1. The van der Waals surface area contributed by atoms with E-state index >= 15 is 0 Å². The molecular weight excluding hydrogens is 409 g/mol. The zero-order valence-corrected chi connectivity index (χ0v) is 15.5. The van der Waals surface area contributed by atoms with Crippen molar-refractivity contribution in [1.82, 2.24) is 10.6 Å². The van der Waals surface area contributed by atoms with Gasteiger partial charge >= 0.3 is 6.09 Å². The highest BCUT2D eigenvalue weighted by Crippen LogP contribution is 2.11. The van der Waals surface area contributed by atoms with Crippen LogP contribution < -0.4 is 10.6 Å². The number of carbonyl (C=O) groups excluding carboxylic acids is 2. The van der Waals surface area contributed by atoms with Crippen LogP contribution in [0.25, 0.3) is 0 Å². The summed E-state index contributed by atoms with van der Waals surface area (Å²) in [6.07, 6.45) is -0.354. The van der Waals surface area contributed by atoms with Crippen molar-refractivity contribution >= 4 is 34.6 Å². The average Bonchev–Trinajstić information content (AvgIpc) is 2.42. The molecule has 6 nitrogen and oxygen atoms in total. The summed E-state index contributed by atoms with van der Waals surface area (Å²) >= 11 is 2.18. The molecule has 0 saturated heterocycles. The Hall–Kier alpha value is -1.82. The number of rotatable bonds is 5. The highest BCUT2D eigenvalue weighted by Gasteiger charge is 2.24. The predicted octanol–water partition coefficient (Wildman–Crippen LogP) is 2.37. The Morgan fingerprint density at radius 1 is 1.39 bits per heavy atom. The maximum atomic E-state index is 12.2. The second-order valence-corrected chi connectivity index (χ2v) is 7.15. The Morgan fingerprint density at radius 2 is 2.09 bits per heavy atom. The number of halogens is 1. The highest BCUT2D eigenvalue weighted by atomic mass is 127. The number of carbonyl (C=O) groups is 2. The van der Waals surface area contributed by atoms with Crippen molar-refractivity contribution in [3.05, 3.63) is 33.4 Å². The summed E-state index contributed by atoms with van der Waals surface area (Å²) in [6.45, 7) is 5.13. The number of benzene rings is 1. The van der Waals surface area contributed by atoms with Crippen LogP contribution in [0, 0.1) is 14.9 Å². The van der Waals surface area contributed by atoms with E-state index < -0.39 is 23.6 Å². The summed E-state index contributed by atoms with van der Waals surface area (Å²) in [6, 6.07) is 8.67. The topological polar surface area (TPSA) is 91.2 Å². The second kappa shape index (κ2) is 8.72. The summed E-state index contributed by atoms with van der Waals surface area (Å²) in [7, 11) is 0. The van der Waals surface area contributed by atoms with Crippen molar-refractivity contribution in [2.24, 2.45) is 0 Å². The molecule has 2 N–H and O–H groups in total. The minimum Gasteiger partial charge on any atom is -0.444 e. The predicted molar refractivity (Wildman–Crippen MR) is 94.6 cm³/mol. The van der Waals surface area contributed by atoms with E-state index in [9.17, 15) is 9.59 Å².